The number of hydrogen-bond acceptors (Lipinski definition) is 0. The summed E-state index contributed by atoms with van der Waals surface area (Å²) in [6.07, 6.45) is 0. The zero-order valence-corrected chi connectivity index (χ0v) is 8.85. The quantitative estimate of drug-likeness (QED) is 0.324. The Balaban J connectivity index is 0. The van der Waals surface area contributed by atoms with Crippen LogP contribution in [-0.2, 0) is 39.0 Å². The normalized spacial score (nSPS) is 0. The largest absolute Gasteiger partial charge is 1.00 e. The Bertz CT molecular complexity index is 9.61. The van der Waals surface area contributed by atoms with Crippen LogP contribution < -0.4 is 18.9 Å². The van der Waals surface area contributed by atoms with E-state index in [9.17, 15) is 0 Å². The number of rotatable bonds is 0. The van der Waals surface area contributed by atoms with Crippen LogP contribution in [0.4, 0.5) is 0 Å². The molecule has 0 rings (SSSR count). The van der Waals surface area contributed by atoms with Crippen molar-refractivity contribution in [1.29, 1.82) is 0 Å². The van der Waals surface area contributed by atoms with E-state index in [0.29, 0.717) is 0 Å². The maximum Gasteiger partial charge on any atom is 1.00 e. The molecule has 0 saturated heterocycles. The van der Waals surface area contributed by atoms with E-state index in [1.807, 2.05) is 0 Å². The summed E-state index contributed by atoms with van der Waals surface area (Å²) >= 11 is 0. The van der Waals surface area contributed by atoms with Crippen molar-refractivity contribution in [2.75, 3.05) is 0 Å². The van der Waals surface area contributed by atoms with E-state index in [4.69, 9.17) is 0 Å². The van der Waals surface area contributed by atoms with Gasteiger partial charge in [-0.15, -0.1) is 0 Å². The van der Waals surface area contributed by atoms with Crippen LogP contribution in [0.25, 0.3) is 0 Å². The molecule has 0 aromatic rings. The molecule has 0 aliphatic heterocycles. The fraction of sp³-hybridized carbons (Fsp3) is 0. The first-order valence-corrected chi connectivity index (χ1v) is 0. The van der Waals surface area contributed by atoms with Crippen molar-refractivity contribution < 1.29 is 64.7 Å². The second-order valence-corrected chi connectivity index (χ2v) is 0. The van der Waals surface area contributed by atoms with E-state index in [0.717, 1.165) is 0 Å². The molecule has 14 valence electrons. The van der Waals surface area contributed by atoms with Gasteiger partial charge in [0.2, 0.25) is 0 Å². The van der Waals surface area contributed by atoms with Gasteiger partial charge in [-0.3, -0.25) is 0 Å². The molecule has 1 nitrogen and oxygen atoms in total. The monoisotopic (exact) mass is 154 g/mol. The summed E-state index contributed by atoms with van der Waals surface area (Å²) < 4.78 is 0. The molecule has 0 unspecified atom stereocenters. The molecule has 0 spiro atoms. The number of hydrogen-bond donors (Lipinski definition) is 0. The standard InChI is InChI=1S/Li.H2O.2Zn.H/h;1H2;;;/q+1;;;;-1. The molecule has 0 aliphatic rings. The zero-order valence-electron chi connectivity index (χ0n) is 3.91. The van der Waals surface area contributed by atoms with Crippen LogP contribution in [0.1, 0.15) is 1.43 Å². The van der Waals surface area contributed by atoms with E-state index < -0.39 is 0 Å². The van der Waals surface area contributed by atoms with E-state index in [1.54, 1.807) is 0 Å². The van der Waals surface area contributed by atoms with Crippen molar-refractivity contribution in [3.8, 4) is 0 Å². The summed E-state index contributed by atoms with van der Waals surface area (Å²) in [6, 6.07) is 0. The molecule has 0 bridgehead atoms. The third-order valence-electron chi connectivity index (χ3n) is 0. The summed E-state index contributed by atoms with van der Waals surface area (Å²) in [5, 5.41) is 0. The Morgan fingerprint density at radius 2 is 1.00 bits per heavy atom. The van der Waals surface area contributed by atoms with Gasteiger partial charge in [0.05, 0.1) is 0 Å². The Kier molecular flexibility index (Phi) is 220. The van der Waals surface area contributed by atoms with Gasteiger partial charge in [-0.05, 0) is 0 Å². The summed E-state index contributed by atoms with van der Waals surface area (Å²) in [4.78, 5) is 0. The second kappa shape index (κ2) is 21.4. The van der Waals surface area contributed by atoms with Gasteiger partial charge in [0.1, 0.15) is 0 Å². The van der Waals surface area contributed by atoms with Gasteiger partial charge in [-0.2, -0.15) is 0 Å². The topological polar surface area (TPSA) is 31.5 Å². The van der Waals surface area contributed by atoms with Crippen molar-refractivity contribution in [3.63, 3.8) is 0 Å². The molecule has 0 aromatic heterocycles. The molecule has 4 heavy (non-hydrogen) atoms. The Morgan fingerprint density at radius 3 is 1.00 bits per heavy atom. The van der Waals surface area contributed by atoms with Crippen LogP contribution in [0, 0.1) is 0 Å². The Hall–Kier alpha value is 1.80. The third kappa shape index (κ3) is 9.19. The van der Waals surface area contributed by atoms with Gasteiger partial charge in [0.15, 0.2) is 0 Å². The minimum Gasteiger partial charge on any atom is -1.00 e. The predicted molar refractivity (Wildman–Crippen MR) is 4.73 cm³/mol. The zero-order chi connectivity index (χ0) is 0. The first-order valence-electron chi connectivity index (χ1n) is 0. The van der Waals surface area contributed by atoms with Crippen LogP contribution in [0.5, 0.6) is 0 Å². The van der Waals surface area contributed by atoms with Crippen molar-refractivity contribution >= 4 is 0 Å². The summed E-state index contributed by atoms with van der Waals surface area (Å²) in [5.41, 5.74) is 0. The summed E-state index contributed by atoms with van der Waals surface area (Å²) in [7, 11) is 0. The van der Waals surface area contributed by atoms with Crippen molar-refractivity contribution in [2.45, 2.75) is 0 Å². The molecule has 0 atom stereocenters. The van der Waals surface area contributed by atoms with Crippen LogP contribution >= 0.6 is 0 Å². The smallest absolute Gasteiger partial charge is 1.00 e. The first-order chi connectivity index (χ1) is 0. The van der Waals surface area contributed by atoms with Crippen molar-refractivity contribution in [1.82, 2.24) is 0 Å². The van der Waals surface area contributed by atoms with Crippen LogP contribution in [-0.4, -0.2) is 5.48 Å². The maximum atomic E-state index is 0. The van der Waals surface area contributed by atoms with Crippen LogP contribution in [0.3, 0.4) is 0 Å². The molecule has 0 radical (unpaired) electrons. The average molecular weight is 157 g/mol. The van der Waals surface area contributed by atoms with Gasteiger partial charge in [-0.1, -0.05) is 0 Å². The summed E-state index contributed by atoms with van der Waals surface area (Å²) in [6.45, 7) is 0. The van der Waals surface area contributed by atoms with Gasteiger partial charge in [-0.25, -0.2) is 0 Å². The van der Waals surface area contributed by atoms with Crippen LogP contribution in [0.15, 0.2) is 0 Å². The Morgan fingerprint density at radius 1 is 1.00 bits per heavy atom. The maximum absolute atomic E-state index is 0. The van der Waals surface area contributed by atoms with E-state index in [2.05, 4.69) is 0 Å². The van der Waals surface area contributed by atoms with E-state index >= 15 is 0 Å². The molecule has 0 amide bonds. The Labute approximate surface area is 64.4 Å². The predicted octanol–water partition coefficient (Wildman–Crippen LogP) is -3.71. The average Bonchev–Trinajstić information content (AvgIpc) is 0. The van der Waals surface area contributed by atoms with Crippen molar-refractivity contribution in [3.05, 3.63) is 0 Å². The molecule has 0 aromatic carbocycles. The van der Waals surface area contributed by atoms with E-state index in [1.165, 1.54) is 0 Å². The van der Waals surface area contributed by atoms with Gasteiger partial charge in [0.25, 0.3) is 0 Å². The molecule has 0 aliphatic carbocycles. The van der Waals surface area contributed by atoms with Gasteiger partial charge >= 0.3 is 18.9 Å². The summed E-state index contributed by atoms with van der Waals surface area (Å²) in [5.74, 6) is 0. The molecule has 4 heteroatoms. The SMILES string of the molecule is O.[H-].[Li+].[Zn].[Zn]. The second-order valence-electron chi connectivity index (χ2n) is 0. The molecule has 2 N–H and O–H groups in total. The molecule has 0 fully saturated rings. The minimum atomic E-state index is 0. The van der Waals surface area contributed by atoms with Gasteiger partial charge < -0.3 is 6.90 Å². The first kappa shape index (κ1) is 41.2. The molecular weight excluding hydrogens is 154 g/mol. The third-order valence-corrected chi connectivity index (χ3v) is 0. The van der Waals surface area contributed by atoms with Crippen molar-refractivity contribution in [2.24, 2.45) is 0 Å². The van der Waals surface area contributed by atoms with E-state index in [-0.39, 0.29) is 64.7 Å². The minimum absolute atomic E-state index is 0. The fourth-order valence-electron chi connectivity index (χ4n) is 0. The molecule has 0 heterocycles. The van der Waals surface area contributed by atoms with Crippen LogP contribution in [0.2, 0.25) is 0 Å². The van der Waals surface area contributed by atoms with Gasteiger partial charge in [0, 0.05) is 39.0 Å². The fourth-order valence-corrected chi connectivity index (χ4v) is 0. The molecule has 0 saturated carbocycles. The molecular formula is H3LiOZn2.